The lowest BCUT2D eigenvalue weighted by Gasteiger charge is -1.92. The van der Waals surface area contributed by atoms with Crippen LogP contribution in [0.4, 0.5) is 0 Å². The second-order valence-electron chi connectivity index (χ2n) is 3.72. The predicted octanol–water partition coefficient (Wildman–Crippen LogP) is 2.44. The van der Waals surface area contributed by atoms with E-state index in [-0.39, 0.29) is 0 Å². The molecule has 0 bridgehead atoms. The van der Waals surface area contributed by atoms with Crippen molar-refractivity contribution < 1.29 is 4.79 Å². The summed E-state index contributed by atoms with van der Waals surface area (Å²) in [6, 6.07) is 9.17. The maximum Gasteiger partial charge on any atom is 0.150 e. The predicted molar refractivity (Wildman–Crippen MR) is 64.7 cm³/mol. The van der Waals surface area contributed by atoms with E-state index in [1.165, 1.54) is 0 Å². The zero-order valence-corrected chi connectivity index (χ0v) is 8.92. The van der Waals surface area contributed by atoms with Crippen LogP contribution in [-0.2, 0) is 0 Å². The van der Waals surface area contributed by atoms with Crippen molar-refractivity contribution in [1.82, 2.24) is 15.0 Å². The lowest BCUT2D eigenvalue weighted by molar-refractivity contribution is 0.112. The van der Waals surface area contributed by atoms with Crippen LogP contribution in [0.1, 0.15) is 10.4 Å². The Balaban J connectivity index is 2.17. The molecule has 1 aromatic carbocycles. The van der Waals surface area contributed by atoms with E-state index in [4.69, 9.17) is 0 Å². The molecule has 0 aliphatic carbocycles. The Labute approximate surface area is 97.3 Å². The number of rotatable bonds is 2. The number of nitrogens with one attached hydrogen (secondary N) is 1. The van der Waals surface area contributed by atoms with Gasteiger partial charge in [-0.1, -0.05) is 0 Å². The zero-order valence-electron chi connectivity index (χ0n) is 8.92. The van der Waals surface area contributed by atoms with Crippen molar-refractivity contribution in [3.8, 4) is 11.4 Å². The quantitative estimate of drug-likeness (QED) is 0.679. The first-order valence-electron chi connectivity index (χ1n) is 5.22. The van der Waals surface area contributed by atoms with Gasteiger partial charge in [-0.25, -0.2) is 4.98 Å². The molecule has 0 spiro atoms. The third-order valence-electron chi connectivity index (χ3n) is 2.58. The van der Waals surface area contributed by atoms with Gasteiger partial charge in [0.2, 0.25) is 0 Å². The monoisotopic (exact) mass is 223 g/mol. The van der Waals surface area contributed by atoms with Gasteiger partial charge in [-0.3, -0.25) is 9.78 Å². The molecule has 4 nitrogen and oxygen atoms in total. The fraction of sp³-hybridized carbons (Fsp3) is 0. The number of nitrogens with zero attached hydrogens (tertiary/aromatic N) is 2. The van der Waals surface area contributed by atoms with Gasteiger partial charge in [0.15, 0.2) is 0 Å². The Bertz CT molecular complexity index is 673. The van der Waals surface area contributed by atoms with Crippen LogP contribution in [0.5, 0.6) is 0 Å². The Morgan fingerprint density at radius 2 is 2.18 bits per heavy atom. The highest BCUT2D eigenvalue weighted by Crippen LogP contribution is 2.19. The number of aldehydes is 1. The highest BCUT2D eigenvalue weighted by atomic mass is 16.1. The molecule has 0 fully saturated rings. The van der Waals surface area contributed by atoms with E-state index >= 15 is 0 Å². The number of pyridine rings is 1. The lowest BCUT2D eigenvalue weighted by Crippen LogP contribution is -1.80. The van der Waals surface area contributed by atoms with Gasteiger partial charge in [-0.15, -0.1) is 0 Å². The van der Waals surface area contributed by atoms with Crippen molar-refractivity contribution in [3.63, 3.8) is 0 Å². The molecule has 17 heavy (non-hydrogen) atoms. The number of benzene rings is 1. The third kappa shape index (κ3) is 1.69. The molecule has 0 aliphatic rings. The molecule has 82 valence electrons. The maximum absolute atomic E-state index is 10.7. The minimum Gasteiger partial charge on any atom is -0.338 e. The minimum absolute atomic E-state index is 0.638. The first-order valence-corrected chi connectivity index (χ1v) is 5.22. The van der Waals surface area contributed by atoms with Crippen LogP contribution < -0.4 is 0 Å². The zero-order chi connectivity index (χ0) is 11.7. The number of hydrogen-bond acceptors (Lipinski definition) is 3. The molecule has 0 radical (unpaired) electrons. The number of aromatic amines is 1. The third-order valence-corrected chi connectivity index (χ3v) is 2.58. The van der Waals surface area contributed by atoms with Gasteiger partial charge < -0.3 is 4.98 Å². The van der Waals surface area contributed by atoms with E-state index in [2.05, 4.69) is 15.0 Å². The van der Waals surface area contributed by atoms with E-state index < -0.39 is 0 Å². The summed E-state index contributed by atoms with van der Waals surface area (Å²) in [5.41, 5.74) is 3.26. The van der Waals surface area contributed by atoms with Crippen LogP contribution >= 0.6 is 0 Å². The number of carbonyl (C=O) groups excluding carboxylic acids is 1. The average molecular weight is 223 g/mol. The summed E-state index contributed by atoms with van der Waals surface area (Å²) in [7, 11) is 0. The molecule has 2 heterocycles. The Morgan fingerprint density at radius 3 is 2.94 bits per heavy atom. The van der Waals surface area contributed by atoms with E-state index in [1.54, 1.807) is 24.5 Å². The molecular weight excluding hydrogens is 214 g/mol. The summed E-state index contributed by atoms with van der Waals surface area (Å²) in [5.74, 6) is 0.760. The van der Waals surface area contributed by atoms with Gasteiger partial charge in [0.1, 0.15) is 12.1 Å². The highest BCUT2D eigenvalue weighted by Gasteiger charge is 2.05. The maximum atomic E-state index is 10.7. The summed E-state index contributed by atoms with van der Waals surface area (Å²) < 4.78 is 0. The first kappa shape index (κ1) is 9.72. The molecule has 4 heteroatoms. The summed E-state index contributed by atoms with van der Waals surface area (Å²) >= 11 is 0. The minimum atomic E-state index is 0.638. The summed E-state index contributed by atoms with van der Waals surface area (Å²) in [5, 5.41) is 0. The second-order valence-corrected chi connectivity index (χ2v) is 3.72. The summed E-state index contributed by atoms with van der Waals surface area (Å²) in [6.45, 7) is 0. The van der Waals surface area contributed by atoms with Crippen LogP contribution in [0.2, 0.25) is 0 Å². The van der Waals surface area contributed by atoms with Crippen molar-refractivity contribution >= 4 is 17.3 Å². The summed E-state index contributed by atoms with van der Waals surface area (Å²) in [6.07, 6.45) is 4.29. The van der Waals surface area contributed by atoms with Gasteiger partial charge in [-0.05, 0) is 30.3 Å². The Hall–Kier alpha value is -2.49. The van der Waals surface area contributed by atoms with E-state index in [1.807, 2.05) is 18.2 Å². The fourth-order valence-electron chi connectivity index (χ4n) is 1.74. The lowest BCUT2D eigenvalue weighted by atomic mass is 10.2. The van der Waals surface area contributed by atoms with Crippen molar-refractivity contribution in [2.45, 2.75) is 0 Å². The van der Waals surface area contributed by atoms with Gasteiger partial charge in [0, 0.05) is 23.5 Å². The molecule has 0 saturated heterocycles. The number of hydrogen-bond donors (Lipinski definition) is 1. The first-order chi connectivity index (χ1) is 8.36. The van der Waals surface area contributed by atoms with Gasteiger partial charge in [0.05, 0.1) is 11.0 Å². The van der Waals surface area contributed by atoms with Gasteiger partial charge in [0.25, 0.3) is 0 Å². The number of fused-ring (bicyclic) bond motifs is 1. The molecule has 0 saturated carbocycles. The molecule has 0 unspecified atom stereocenters. The SMILES string of the molecule is O=Cc1ccc2nc(-c3cccnc3)[nH]c2c1. The number of aromatic nitrogens is 3. The molecule has 0 amide bonds. The molecule has 0 aliphatic heterocycles. The highest BCUT2D eigenvalue weighted by molar-refractivity contribution is 5.86. The van der Waals surface area contributed by atoms with E-state index in [0.29, 0.717) is 5.56 Å². The normalized spacial score (nSPS) is 10.6. The molecule has 3 rings (SSSR count). The second kappa shape index (κ2) is 3.83. The van der Waals surface area contributed by atoms with E-state index in [9.17, 15) is 4.79 Å². The fourth-order valence-corrected chi connectivity index (χ4v) is 1.74. The number of carbonyl (C=O) groups is 1. The molecule has 0 atom stereocenters. The van der Waals surface area contributed by atoms with Crippen LogP contribution in [0.25, 0.3) is 22.4 Å². The topological polar surface area (TPSA) is 58.6 Å². The molecular formula is C13H9N3O. The van der Waals surface area contributed by atoms with Crippen LogP contribution in [0, 0.1) is 0 Å². The van der Waals surface area contributed by atoms with Gasteiger partial charge in [-0.2, -0.15) is 0 Å². The Morgan fingerprint density at radius 1 is 1.24 bits per heavy atom. The standard InChI is InChI=1S/C13H9N3O/c17-8-9-3-4-11-12(6-9)16-13(15-11)10-2-1-5-14-7-10/h1-8H,(H,15,16). The molecule has 3 aromatic rings. The summed E-state index contributed by atoms with van der Waals surface area (Å²) in [4.78, 5) is 22.4. The number of imidazole rings is 1. The number of H-pyrrole nitrogens is 1. The van der Waals surface area contributed by atoms with Crippen LogP contribution in [-0.4, -0.2) is 21.2 Å². The van der Waals surface area contributed by atoms with Crippen LogP contribution in [0.15, 0.2) is 42.7 Å². The largest absolute Gasteiger partial charge is 0.338 e. The molecule has 2 aromatic heterocycles. The van der Waals surface area contributed by atoms with E-state index in [0.717, 1.165) is 28.7 Å². The van der Waals surface area contributed by atoms with Crippen molar-refractivity contribution in [2.75, 3.05) is 0 Å². The average Bonchev–Trinajstić information content (AvgIpc) is 2.82. The van der Waals surface area contributed by atoms with Crippen LogP contribution in [0.3, 0.4) is 0 Å². The smallest absolute Gasteiger partial charge is 0.150 e. The Kier molecular flexibility index (Phi) is 2.19. The molecule has 1 N–H and O–H groups in total. The van der Waals surface area contributed by atoms with Gasteiger partial charge >= 0.3 is 0 Å². The van der Waals surface area contributed by atoms with Crippen molar-refractivity contribution in [2.24, 2.45) is 0 Å². The van der Waals surface area contributed by atoms with Crippen molar-refractivity contribution in [3.05, 3.63) is 48.3 Å². The van der Waals surface area contributed by atoms with Crippen molar-refractivity contribution in [1.29, 1.82) is 0 Å².